The molecule has 2 aromatic heterocycles. The third-order valence-electron chi connectivity index (χ3n) is 6.34. The maximum absolute atomic E-state index is 14.0. The molecule has 8 nitrogen and oxygen atoms in total. The number of rotatable bonds is 4. The van der Waals surface area contributed by atoms with Crippen molar-refractivity contribution in [2.24, 2.45) is 0 Å². The van der Waals surface area contributed by atoms with Crippen LogP contribution in [0.2, 0.25) is 0 Å². The summed E-state index contributed by atoms with van der Waals surface area (Å²) in [4.78, 5) is 27.0. The summed E-state index contributed by atoms with van der Waals surface area (Å²) in [7, 11) is 0. The van der Waals surface area contributed by atoms with E-state index in [0.29, 0.717) is 29.7 Å². The highest BCUT2D eigenvalue weighted by Gasteiger charge is 2.28. The van der Waals surface area contributed by atoms with Crippen LogP contribution in [-0.4, -0.2) is 38.7 Å². The Balaban J connectivity index is 1.53. The lowest BCUT2D eigenvalue weighted by Gasteiger charge is -2.31. The van der Waals surface area contributed by atoms with Crippen molar-refractivity contribution >= 4 is 22.6 Å². The van der Waals surface area contributed by atoms with Crippen LogP contribution < -0.4 is 16.0 Å². The van der Waals surface area contributed by atoms with Crippen molar-refractivity contribution in [1.29, 1.82) is 0 Å². The Labute approximate surface area is 206 Å². The summed E-state index contributed by atoms with van der Waals surface area (Å²) in [6.07, 6.45) is 3.50. The van der Waals surface area contributed by atoms with E-state index < -0.39 is 5.82 Å². The van der Waals surface area contributed by atoms with Gasteiger partial charge in [0.05, 0.1) is 5.39 Å². The number of amides is 1. The zero-order chi connectivity index (χ0) is 25.2. The van der Waals surface area contributed by atoms with Crippen LogP contribution in [0, 0.1) is 17.7 Å². The second-order valence-electron chi connectivity index (χ2n) is 8.61. The summed E-state index contributed by atoms with van der Waals surface area (Å²) in [6, 6.07) is 13.2. The highest BCUT2D eigenvalue weighted by Crippen LogP contribution is 2.35. The van der Waals surface area contributed by atoms with E-state index in [1.54, 1.807) is 54.3 Å². The summed E-state index contributed by atoms with van der Waals surface area (Å²) < 4.78 is 21.4. The molecule has 3 heterocycles. The molecule has 4 aromatic rings. The van der Waals surface area contributed by atoms with Gasteiger partial charge in [-0.1, -0.05) is 18.1 Å². The first-order valence-corrected chi connectivity index (χ1v) is 11.6. The molecule has 3 N–H and O–H groups in total. The highest BCUT2D eigenvalue weighted by atomic mass is 19.1. The van der Waals surface area contributed by atoms with Crippen molar-refractivity contribution in [3.63, 3.8) is 0 Å². The minimum atomic E-state index is -0.453. The topological polar surface area (TPSA) is 106 Å². The molecule has 36 heavy (non-hydrogen) atoms. The van der Waals surface area contributed by atoms with E-state index in [2.05, 4.69) is 22.0 Å². The third-order valence-corrected chi connectivity index (χ3v) is 6.34. The molecule has 5 rings (SSSR count). The van der Waals surface area contributed by atoms with Crippen LogP contribution in [0.4, 0.5) is 10.2 Å². The Morgan fingerprint density at radius 3 is 2.75 bits per heavy atom. The van der Waals surface area contributed by atoms with Crippen molar-refractivity contribution in [3.8, 4) is 29.0 Å². The van der Waals surface area contributed by atoms with Crippen molar-refractivity contribution < 1.29 is 13.9 Å². The van der Waals surface area contributed by atoms with Gasteiger partial charge in [-0.2, -0.15) is 5.10 Å². The number of fused-ring (bicyclic) bond motifs is 1. The molecule has 1 aliphatic heterocycles. The number of carbonyl (C=O) groups is 1. The molecular weight excluding hydrogens is 461 g/mol. The molecular formula is C27H24FN5O3. The van der Waals surface area contributed by atoms with Gasteiger partial charge < -0.3 is 19.9 Å². The number of nitrogen functional groups attached to an aromatic ring is 1. The second kappa shape index (κ2) is 9.58. The predicted molar refractivity (Wildman–Crippen MR) is 135 cm³/mol. The standard InChI is InChI=1S/C27H24FN5O3/c1-2-6-23(34)32-14-5-7-17(15-32)20-16-33(25-24(20)27(35)31-30-26(25)29)18-10-12-19(13-11-18)36-22-9-4-3-8-21(22)28/h3-4,8-13,16-17H,5,7,14-15H2,1H3,(H2,29,30)(H,31,35). The number of hydrogen-bond acceptors (Lipinski definition) is 5. The Morgan fingerprint density at radius 1 is 1.22 bits per heavy atom. The fourth-order valence-electron chi connectivity index (χ4n) is 4.68. The van der Waals surface area contributed by atoms with Crippen LogP contribution in [-0.2, 0) is 4.79 Å². The van der Waals surface area contributed by atoms with Crippen molar-refractivity contribution in [2.75, 3.05) is 18.8 Å². The van der Waals surface area contributed by atoms with Crippen molar-refractivity contribution in [3.05, 3.63) is 76.5 Å². The molecule has 1 aliphatic rings. The van der Waals surface area contributed by atoms with Gasteiger partial charge in [0.25, 0.3) is 11.5 Å². The fraction of sp³-hybridized carbons (Fsp3) is 0.222. The zero-order valence-corrected chi connectivity index (χ0v) is 19.6. The second-order valence-corrected chi connectivity index (χ2v) is 8.61. The molecule has 0 radical (unpaired) electrons. The Hall–Kier alpha value is -4.58. The normalized spacial score (nSPS) is 15.4. The van der Waals surface area contributed by atoms with Crippen LogP contribution in [0.1, 0.15) is 31.2 Å². The number of nitrogens with one attached hydrogen (secondary N) is 1. The maximum atomic E-state index is 14.0. The van der Waals surface area contributed by atoms with Crippen LogP contribution in [0.15, 0.2) is 59.5 Å². The van der Waals surface area contributed by atoms with Gasteiger partial charge in [-0.15, -0.1) is 0 Å². The summed E-state index contributed by atoms with van der Waals surface area (Å²) in [5, 5.41) is 6.91. The molecule has 1 unspecified atom stereocenters. The van der Waals surface area contributed by atoms with E-state index >= 15 is 0 Å². The number of halogens is 1. The SMILES string of the molecule is CC#CC(=O)N1CCCC(c2cn(-c3ccc(Oc4ccccc4F)cc3)c3c(N)n[nH]c(=O)c23)C1. The summed E-state index contributed by atoms with van der Waals surface area (Å²) in [5.74, 6) is 5.30. The first kappa shape index (κ1) is 23.2. The van der Waals surface area contributed by atoms with Crippen LogP contribution in [0.5, 0.6) is 11.5 Å². The number of para-hydroxylation sites is 1. The zero-order valence-electron chi connectivity index (χ0n) is 19.6. The fourth-order valence-corrected chi connectivity index (χ4v) is 4.68. The van der Waals surface area contributed by atoms with Gasteiger partial charge in [-0.05, 0) is 67.6 Å². The molecule has 1 fully saturated rings. The van der Waals surface area contributed by atoms with Crippen molar-refractivity contribution in [2.45, 2.75) is 25.7 Å². The average Bonchev–Trinajstić information content (AvgIpc) is 3.30. The lowest BCUT2D eigenvalue weighted by atomic mass is 9.90. The number of benzene rings is 2. The van der Waals surface area contributed by atoms with Crippen LogP contribution in [0.3, 0.4) is 0 Å². The van der Waals surface area contributed by atoms with Gasteiger partial charge in [0, 0.05) is 30.9 Å². The third kappa shape index (κ3) is 4.29. The number of H-pyrrole nitrogens is 1. The first-order valence-electron chi connectivity index (χ1n) is 11.6. The van der Waals surface area contributed by atoms with E-state index in [-0.39, 0.29) is 29.0 Å². The van der Waals surface area contributed by atoms with Gasteiger partial charge in [-0.3, -0.25) is 9.59 Å². The molecule has 1 amide bonds. The number of aromatic nitrogens is 3. The first-order chi connectivity index (χ1) is 17.5. The van der Waals surface area contributed by atoms with Gasteiger partial charge in [-0.25, -0.2) is 9.49 Å². The van der Waals surface area contributed by atoms with E-state index in [1.807, 2.05) is 10.8 Å². The van der Waals surface area contributed by atoms with Crippen LogP contribution in [0.25, 0.3) is 16.6 Å². The molecule has 2 aromatic carbocycles. The molecule has 0 saturated carbocycles. The van der Waals surface area contributed by atoms with E-state index in [4.69, 9.17) is 10.5 Å². The summed E-state index contributed by atoms with van der Waals surface area (Å²) >= 11 is 0. The lowest BCUT2D eigenvalue weighted by Crippen LogP contribution is -2.38. The lowest BCUT2D eigenvalue weighted by molar-refractivity contribution is -0.126. The van der Waals surface area contributed by atoms with Crippen LogP contribution >= 0.6 is 0 Å². The molecule has 1 saturated heterocycles. The number of aromatic amines is 1. The highest BCUT2D eigenvalue weighted by molar-refractivity contribution is 5.94. The summed E-state index contributed by atoms with van der Waals surface area (Å²) in [5.41, 5.74) is 7.90. The predicted octanol–water partition coefficient (Wildman–Crippen LogP) is 3.96. The number of anilines is 1. The minimum absolute atomic E-state index is 0.0586. The molecule has 1 atom stereocenters. The smallest absolute Gasteiger partial charge is 0.298 e. The minimum Gasteiger partial charge on any atom is -0.454 e. The number of ether oxygens (including phenoxy) is 1. The monoisotopic (exact) mass is 485 g/mol. The van der Waals surface area contributed by atoms with Gasteiger partial charge in [0.2, 0.25) is 0 Å². The number of nitrogens with zero attached hydrogens (tertiary/aromatic N) is 3. The van der Waals surface area contributed by atoms with E-state index in [9.17, 15) is 14.0 Å². The van der Waals surface area contributed by atoms with E-state index in [1.165, 1.54) is 6.07 Å². The number of carbonyl (C=O) groups excluding carboxylic acids is 1. The molecule has 0 aliphatic carbocycles. The largest absolute Gasteiger partial charge is 0.454 e. The van der Waals surface area contributed by atoms with Crippen molar-refractivity contribution in [1.82, 2.24) is 19.7 Å². The average molecular weight is 486 g/mol. The van der Waals surface area contributed by atoms with Gasteiger partial charge in [0.1, 0.15) is 11.3 Å². The van der Waals surface area contributed by atoms with Gasteiger partial charge in [0.15, 0.2) is 17.4 Å². The number of likely N-dealkylation sites (tertiary alicyclic amines) is 1. The molecule has 9 heteroatoms. The molecule has 0 bridgehead atoms. The Kier molecular flexibility index (Phi) is 6.17. The molecule has 182 valence electrons. The molecule has 0 spiro atoms. The number of piperidine rings is 1. The Bertz CT molecular complexity index is 1560. The Morgan fingerprint density at radius 2 is 2.00 bits per heavy atom. The van der Waals surface area contributed by atoms with Gasteiger partial charge >= 0.3 is 0 Å². The number of nitrogens with two attached hydrogens (primary N) is 1. The van der Waals surface area contributed by atoms with E-state index in [0.717, 1.165) is 24.1 Å². The summed E-state index contributed by atoms with van der Waals surface area (Å²) in [6.45, 7) is 2.73. The maximum Gasteiger partial charge on any atom is 0.298 e. The number of hydrogen-bond donors (Lipinski definition) is 2. The quantitative estimate of drug-likeness (QED) is 0.426.